The van der Waals surface area contributed by atoms with Gasteiger partial charge in [0.15, 0.2) is 0 Å². The maximum atomic E-state index is 13.4. The van der Waals surface area contributed by atoms with Crippen LogP contribution in [0.3, 0.4) is 0 Å². The van der Waals surface area contributed by atoms with Gasteiger partial charge in [-0.15, -0.1) is 0 Å². The molecule has 9 nitrogen and oxygen atoms in total. The molecule has 0 aliphatic heterocycles. The van der Waals surface area contributed by atoms with Crippen LogP contribution in [0.4, 0.5) is 17.1 Å². The first kappa shape index (κ1) is 30.8. The fourth-order valence-corrected chi connectivity index (χ4v) is 4.64. The number of rotatable bonds is 7. The number of nitrogens with one attached hydrogen (secondary N) is 1. The summed E-state index contributed by atoms with van der Waals surface area (Å²) in [4.78, 5) is 12.7. The minimum atomic E-state index is -4.57. The minimum Gasteiger partial charge on any atom is -0.870 e. The average Bonchev–Trinajstić information content (AvgIpc) is 2.86. The number of carbonyl (C=O) groups is 1. The molecule has 0 radical (unpaired) electrons. The van der Waals surface area contributed by atoms with Gasteiger partial charge < -0.3 is 15.2 Å². The van der Waals surface area contributed by atoms with Crippen molar-refractivity contribution in [3.63, 3.8) is 0 Å². The number of amides is 1. The Morgan fingerprint density at radius 1 is 1.05 bits per heavy atom. The van der Waals surface area contributed by atoms with Crippen molar-refractivity contribution >= 4 is 67.1 Å². The van der Waals surface area contributed by atoms with Crippen molar-refractivity contribution in [1.29, 1.82) is 0 Å². The van der Waals surface area contributed by atoms with Crippen LogP contribution in [0.5, 0.6) is 11.5 Å². The molecule has 1 amide bonds. The number of carbonyl (C=O) groups excluding carboxylic acids is 1. The van der Waals surface area contributed by atoms with Gasteiger partial charge in [0.2, 0.25) is 0 Å². The molecule has 0 aliphatic carbocycles. The van der Waals surface area contributed by atoms with Gasteiger partial charge in [0, 0.05) is 22.0 Å². The Kier molecular flexibility index (Phi) is 10.0. The van der Waals surface area contributed by atoms with Gasteiger partial charge in [-0.25, -0.2) is 0 Å². The van der Waals surface area contributed by atoms with Crippen LogP contribution >= 0.6 is 23.2 Å². The van der Waals surface area contributed by atoms with Crippen LogP contribution in [0.25, 0.3) is 10.8 Å². The van der Waals surface area contributed by atoms with Crippen molar-refractivity contribution in [2.45, 2.75) is 18.7 Å². The van der Waals surface area contributed by atoms with E-state index in [-0.39, 0.29) is 62.2 Å². The fraction of sp³-hybridized carbons (Fsp3) is 0.115. The molecule has 0 saturated carbocycles. The van der Waals surface area contributed by atoms with Gasteiger partial charge in [-0.05, 0) is 55.1 Å². The molecule has 0 aromatic heterocycles. The summed E-state index contributed by atoms with van der Waals surface area (Å²) in [5.41, 5.74) is 0.328. The Balaban J connectivity index is 0.00000420. The molecule has 0 fully saturated rings. The standard InChI is InChI=1S/C26H21Cl2N3O6S.Na/c1-3-37-16-8-9-22(21(28)11-16)29-26(33)19-10-15-6-4-5-7-18(15)24(25(19)32)31-30-23-13-17(38(34,35)36)12-20(27)14(23)2;/h4-13,32H,3H2,1-2H3,(H,29,33)(H,34,35,36);/q;+1/p-1. The van der Waals surface area contributed by atoms with Crippen molar-refractivity contribution in [3.05, 3.63) is 81.8 Å². The average molecular weight is 596 g/mol. The topological polar surface area (TPSA) is 140 Å². The van der Waals surface area contributed by atoms with Gasteiger partial charge >= 0.3 is 29.6 Å². The Hall–Kier alpha value is -2.70. The number of fused-ring (bicyclic) bond motifs is 1. The third-order valence-electron chi connectivity index (χ3n) is 5.57. The summed E-state index contributed by atoms with van der Waals surface area (Å²) < 4.78 is 38.0. The number of anilines is 1. The molecule has 39 heavy (non-hydrogen) atoms. The summed E-state index contributed by atoms with van der Waals surface area (Å²) in [5, 5.41) is 25.4. The van der Waals surface area contributed by atoms with Crippen molar-refractivity contribution in [2.75, 3.05) is 11.9 Å². The van der Waals surface area contributed by atoms with E-state index in [0.717, 1.165) is 12.1 Å². The van der Waals surface area contributed by atoms with Crippen LogP contribution in [-0.4, -0.2) is 25.5 Å². The molecule has 0 unspecified atom stereocenters. The van der Waals surface area contributed by atoms with E-state index in [0.29, 0.717) is 28.7 Å². The molecule has 4 rings (SSSR count). The molecule has 0 heterocycles. The Bertz CT molecular complexity index is 1710. The summed E-state index contributed by atoms with van der Waals surface area (Å²) in [7, 11) is -4.57. The maximum Gasteiger partial charge on any atom is 1.00 e. The molecular formula is C26H20Cl2N3NaO6S. The zero-order valence-corrected chi connectivity index (χ0v) is 25.4. The molecule has 0 aliphatic rings. The largest absolute Gasteiger partial charge is 1.00 e. The van der Waals surface area contributed by atoms with Gasteiger partial charge in [0.05, 0.1) is 33.6 Å². The number of halogens is 2. The van der Waals surface area contributed by atoms with Crippen LogP contribution in [0.2, 0.25) is 10.0 Å². The van der Waals surface area contributed by atoms with Crippen molar-refractivity contribution in [1.82, 2.24) is 0 Å². The molecule has 0 saturated heterocycles. The summed E-state index contributed by atoms with van der Waals surface area (Å²) in [6, 6.07) is 15.1. The van der Waals surface area contributed by atoms with Crippen LogP contribution < -0.4 is 44.7 Å². The minimum absolute atomic E-state index is 0. The first-order valence-corrected chi connectivity index (χ1v) is 13.3. The molecule has 0 bridgehead atoms. The number of nitrogens with zero attached hydrogens (tertiary/aromatic N) is 2. The Labute approximate surface area is 256 Å². The van der Waals surface area contributed by atoms with Gasteiger partial charge in [-0.2, -0.15) is 18.6 Å². The van der Waals surface area contributed by atoms with Gasteiger partial charge in [0.1, 0.15) is 5.75 Å². The summed E-state index contributed by atoms with van der Waals surface area (Å²) in [5.74, 6) is -0.889. The van der Waals surface area contributed by atoms with E-state index >= 15 is 0 Å². The molecule has 0 atom stereocenters. The number of ether oxygens (including phenoxy) is 1. The van der Waals surface area contributed by atoms with Crippen molar-refractivity contribution < 1.29 is 57.2 Å². The Morgan fingerprint density at radius 2 is 1.77 bits per heavy atom. The number of hydrogen-bond donors (Lipinski definition) is 2. The predicted octanol–water partition coefficient (Wildman–Crippen LogP) is 3.85. The maximum absolute atomic E-state index is 13.4. The zero-order chi connectivity index (χ0) is 27.6. The number of benzene rings is 4. The second-order valence-corrected chi connectivity index (χ2v) is 10.3. The van der Waals surface area contributed by atoms with E-state index in [1.807, 2.05) is 6.92 Å². The van der Waals surface area contributed by atoms with Gasteiger partial charge in [-0.3, -0.25) is 9.35 Å². The third-order valence-corrected chi connectivity index (χ3v) is 7.10. The van der Waals surface area contributed by atoms with E-state index < -0.39 is 26.7 Å². The SMILES string of the molecule is CCOc1ccc(NC(=O)c2cc3ccccc3c(N=Nc3cc(S(=O)(=O)O)cc(Cl)c3C)c2[O-])c(Cl)c1.[Na+]. The number of azo groups is 1. The van der Waals surface area contributed by atoms with E-state index in [1.165, 1.54) is 6.07 Å². The first-order chi connectivity index (χ1) is 18.0. The van der Waals surface area contributed by atoms with Crippen molar-refractivity contribution in [3.8, 4) is 11.5 Å². The van der Waals surface area contributed by atoms with E-state index in [4.69, 9.17) is 27.9 Å². The van der Waals surface area contributed by atoms with Crippen LogP contribution in [0.15, 0.2) is 75.8 Å². The third kappa shape index (κ3) is 6.90. The van der Waals surface area contributed by atoms with Crippen LogP contribution in [0, 0.1) is 6.92 Å². The van der Waals surface area contributed by atoms with E-state index in [9.17, 15) is 22.9 Å². The Morgan fingerprint density at radius 3 is 2.44 bits per heavy atom. The second kappa shape index (κ2) is 12.6. The molecule has 0 spiro atoms. The quantitative estimate of drug-likeness (QED) is 0.189. The molecule has 2 N–H and O–H groups in total. The molecule has 4 aromatic rings. The van der Waals surface area contributed by atoms with Gasteiger partial charge in [-0.1, -0.05) is 53.2 Å². The van der Waals surface area contributed by atoms with Gasteiger partial charge in [0.25, 0.3) is 16.0 Å². The van der Waals surface area contributed by atoms with Crippen LogP contribution in [0.1, 0.15) is 22.8 Å². The van der Waals surface area contributed by atoms with E-state index in [2.05, 4.69) is 15.5 Å². The summed E-state index contributed by atoms with van der Waals surface area (Å²) in [6.45, 7) is 3.85. The zero-order valence-electron chi connectivity index (χ0n) is 21.0. The predicted molar refractivity (Wildman–Crippen MR) is 144 cm³/mol. The summed E-state index contributed by atoms with van der Waals surface area (Å²) in [6.07, 6.45) is 0. The second-order valence-electron chi connectivity index (χ2n) is 8.08. The monoisotopic (exact) mass is 595 g/mol. The molecule has 13 heteroatoms. The molecular weight excluding hydrogens is 576 g/mol. The smallest absolute Gasteiger partial charge is 0.870 e. The van der Waals surface area contributed by atoms with Crippen molar-refractivity contribution in [2.24, 2.45) is 10.2 Å². The fourth-order valence-electron chi connectivity index (χ4n) is 3.62. The van der Waals surface area contributed by atoms with E-state index in [1.54, 1.807) is 49.4 Å². The normalized spacial score (nSPS) is 11.4. The van der Waals surface area contributed by atoms with Crippen LogP contribution in [-0.2, 0) is 10.1 Å². The molecule has 4 aromatic carbocycles. The number of hydrogen-bond acceptors (Lipinski definition) is 7. The molecule has 196 valence electrons. The first-order valence-electron chi connectivity index (χ1n) is 11.2. The summed E-state index contributed by atoms with van der Waals surface area (Å²) >= 11 is 12.4.